The fraction of sp³-hybridized carbons (Fsp3) is 0.455. The van der Waals surface area contributed by atoms with E-state index in [9.17, 15) is 19.7 Å². The third-order valence-corrected chi connectivity index (χ3v) is 7.94. The number of carbonyl (C=O) groups excluding carboxylic acids is 2. The van der Waals surface area contributed by atoms with Gasteiger partial charge in [0.1, 0.15) is 0 Å². The number of nitro benzene ring substituents is 1. The Labute approximate surface area is 205 Å². The fourth-order valence-electron chi connectivity index (χ4n) is 3.95. The quantitative estimate of drug-likeness (QED) is 0.253. The lowest BCUT2D eigenvalue weighted by Gasteiger charge is -2.33. The number of amides is 2. The van der Waals surface area contributed by atoms with Gasteiger partial charge in [0, 0.05) is 50.4 Å². The third kappa shape index (κ3) is 6.54. The summed E-state index contributed by atoms with van der Waals surface area (Å²) in [5.74, 6) is 0.288. The molecule has 2 aromatic rings. The van der Waals surface area contributed by atoms with Gasteiger partial charge in [0.05, 0.1) is 10.7 Å². The van der Waals surface area contributed by atoms with Crippen molar-refractivity contribution in [1.29, 1.82) is 0 Å². The molecule has 4 rings (SSSR count). The molecule has 1 aliphatic heterocycles. The molecule has 1 N–H and O–H groups in total. The Hall–Kier alpha value is -2.99. The highest BCUT2D eigenvalue weighted by atomic mass is 32.2. The number of anilines is 1. The summed E-state index contributed by atoms with van der Waals surface area (Å²) in [7, 11) is 0. The van der Waals surface area contributed by atoms with Crippen LogP contribution in [0, 0.1) is 10.1 Å². The first-order chi connectivity index (χ1) is 16.5. The van der Waals surface area contributed by atoms with Crippen LogP contribution in [0.25, 0.3) is 6.08 Å². The molecular weight excluding hydrogens is 476 g/mol. The fourth-order valence-corrected chi connectivity index (χ4v) is 5.66. The van der Waals surface area contributed by atoms with Gasteiger partial charge in [-0.3, -0.25) is 19.7 Å². The maximum Gasteiger partial charge on any atom is 0.269 e. The van der Waals surface area contributed by atoms with Crippen molar-refractivity contribution in [3.63, 3.8) is 0 Å². The number of nitro groups is 1. The average molecular weight is 503 g/mol. The highest BCUT2D eigenvalue weighted by Crippen LogP contribution is 2.29. The Morgan fingerprint density at radius 2 is 1.85 bits per heavy atom. The molecule has 1 saturated carbocycles. The number of aromatic nitrogens is 2. The first-order valence-electron chi connectivity index (χ1n) is 11.2. The summed E-state index contributed by atoms with van der Waals surface area (Å²) >= 11 is 2.87. The van der Waals surface area contributed by atoms with E-state index in [2.05, 4.69) is 20.4 Å². The minimum atomic E-state index is -0.453. The van der Waals surface area contributed by atoms with Gasteiger partial charge in [-0.2, -0.15) is 0 Å². The molecule has 0 bridgehead atoms. The van der Waals surface area contributed by atoms with E-state index in [1.165, 1.54) is 54.1 Å². The Morgan fingerprint density at radius 1 is 1.15 bits per heavy atom. The van der Waals surface area contributed by atoms with Crippen LogP contribution in [0.15, 0.2) is 34.7 Å². The summed E-state index contributed by atoms with van der Waals surface area (Å²) in [4.78, 5) is 38.8. The van der Waals surface area contributed by atoms with Crippen molar-refractivity contribution in [3.8, 4) is 0 Å². The lowest BCUT2D eigenvalue weighted by molar-refractivity contribution is -0.384. The normalized spacial score (nSPS) is 16.8. The maximum absolute atomic E-state index is 12.5. The van der Waals surface area contributed by atoms with E-state index in [0.29, 0.717) is 38.0 Å². The van der Waals surface area contributed by atoms with E-state index >= 15 is 0 Å². The number of hydrogen-bond acceptors (Lipinski definition) is 9. The van der Waals surface area contributed by atoms with Crippen LogP contribution in [-0.4, -0.2) is 69.8 Å². The maximum atomic E-state index is 12.5. The second kappa shape index (κ2) is 11.4. The van der Waals surface area contributed by atoms with Crippen molar-refractivity contribution in [2.24, 2.45) is 0 Å². The second-order valence-electron chi connectivity index (χ2n) is 8.18. The summed E-state index contributed by atoms with van der Waals surface area (Å²) in [5.41, 5.74) is 0.749. The van der Waals surface area contributed by atoms with E-state index in [1.54, 1.807) is 23.1 Å². The van der Waals surface area contributed by atoms with Crippen molar-refractivity contribution < 1.29 is 14.5 Å². The van der Waals surface area contributed by atoms with Gasteiger partial charge in [-0.25, -0.2) is 0 Å². The number of rotatable bonds is 8. The number of nitrogens with one attached hydrogen (secondary N) is 1. The summed E-state index contributed by atoms with van der Waals surface area (Å²) < 4.78 is 0.765. The molecule has 0 unspecified atom stereocenters. The smallest absolute Gasteiger partial charge is 0.269 e. The van der Waals surface area contributed by atoms with Crippen molar-refractivity contribution >= 4 is 51.8 Å². The molecular formula is C22H26N6O4S2. The van der Waals surface area contributed by atoms with Crippen LogP contribution in [0.1, 0.15) is 31.2 Å². The lowest BCUT2D eigenvalue weighted by Crippen LogP contribution is -2.48. The third-order valence-electron chi connectivity index (χ3n) is 5.83. The zero-order valence-corrected chi connectivity index (χ0v) is 20.2. The molecule has 0 atom stereocenters. The summed E-state index contributed by atoms with van der Waals surface area (Å²) in [6.45, 7) is 2.43. The molecule has 2 amide bonds. The van der Waals surface area contributed by atoms with Crippen molar-refractivity contribution in [3.05, 3.63) is 46.0 Å². The Kier molecular flexibility index (Phi) is 8.12. The topological polar surface area (TPSA) is 122 Å². The highest BCUT2D eigenvalue weighted by Gasteiger charge is 2.23. The zero-order chi connectivity index (χ0) is 23.9. The van der Waals surface area contributed by atoms with Gasteiger partial charge in [0.15, 0.2) is 4.34 Å². The van der Waals surface area contributed by atoms with Crippen molar-refractivity contribution in [2.75, 3.05) is 36.8 Å². The average Bonchev–Trinajstić information content (AvgIpc) is 3.54. The van der Waals surface area contributed by atoms with Crippen LogP contribution in [-0.2, 0) is 9.59 Å². The molecule has 1 aromatic carbocycles. The predicted octanol–water partition coefficient (Wildman–Crippen LogP) is 2.96. The Bertz CT molecular complexity index is 1040. The van der Waals surface area contributed by atoms with Gasteiger partial charge in [0.2, 0.25) is 16.9 Å². The number of benzene rings is 1. The second-order valence-corrected chi connectivity index (χ2v) is 10.4. The molecule has 1 aromatic heterocycles. The number of piperazine rings is 1. The molecule has 180 valence electrons. The van der Waals surface area contributed by atoms with E-state index in [1.807, 2.05) is 0 Å². The van der Waals surface area contributed by atoms with Gasteiger partial charge in [-0.05, 0) is 36.6 Å². The standard InChI is InChI=1S/C22H26N6O4S2/c29-19(23-17-3-1-2-4-17)15-33-22-25-24-21(34-22)27-13-11-26(12-14-27)20(30)10-7-16-5-8-18(9-6-16)28(31)32/h5-10,17H,1-4,11-15H2,(H,23,29)/b10-7+. The summed E-state index contributed by atoms with van der Waals surface area (Å²) in [6.07, 6.45) is 7.67. The van der Waals surface area contributed by atoms with E-state index < -0.39 is 4.92 Å². The Balaban J connectivity index is 1.21. The zero-order valence-electron chi connectivity index (χ0n) is 18.6. The number of non-ortho nitro benzene ring substituents is 1. The van der Waals surface area contributed by atoms with Crippen molar-refractivity contribution in [1.82, 2.24) is 20.4 Å². The van der Waals surface area contributed by atoms with Gasteiger partial charge in [-0.1, -0.05) is 35.9 Å². The molecule has 34 heavy (non-hydrogen) atoms. The molecule has 2 heterocycles. The van der Waals surface area contributed by atoms with Crippen LogP contribution < -0.4 is 10.2 Å². The lowest BCUT2D eigenvalue weighted by atomic mass is 10.2. The first-order valence-corrected chi connectivity index (χ1v) is 13.0. The number of thioether (sulfide) groups is 1. The molecule has 10 nitrogen and oxygen atoms in total. The van der Waals surface area contributed by atoms with Gasteiger partial charge >= 0.3 is 0 Å². The highest BCUT2D eigenvalue weighted by molar-refractivity contribution is 8.01. The first kappa shape index (κ1) is 24.1. The molecule has 0 radical (unpaired) electrons. The van der Waals surface area contributed by atoms with E-state index in [-0.39, 0.29) is 17.5 Å². The van der Waals surface area contributed by atoms with Crippen LogP contribution >= 0.6 is 23.1 Å². The number of hydrogen-bond donors (Lipinski definition) is 1. The summed E-state index contributed by atoms with van der Waals surface area (Å²) in [5, 5.41) is 23.1. The Morgan fingerprint density at radius 3 is 2.53 bits per heavy atom. The minimum Gasteiger partial charge on any atom is -0.353 e. The SMILES string of the molecule is O=C(CSc1nnc(N2CCN(C(=O)/C=C/c3ccc([N+](=O)[O-])cc3)CC2)s1)NC1CCCC1. The molecule has 2 fully saturated rings. The van der Waals surface area contributed by atoms with Crippen LogP contribution in [0.2, 0.25) is 0 Å². The minimum absolute atomic E-state index is 0.0187. The van der Waals surface area contributed by atoms with Crippen LogP contribution in [0.4, 0.5) is 10.8 Å². The van der Waals surface area contributed by atoms with Gasteiger partial charge < -0.3 is 15.1 Å². The largest absolute Gasteiger partial charge is 0.353 e. The predicted molar refractivity (Wildman–Crippen MR) is 132 cm³/mol. The number of carbonyl (C=O) groups is 2. The van der Waals surface area contributed by atoms with E-state index in [0.717, 1.165) is 27.9 Å². The molecule has 2 aliphatic rings. The monoisotopic (exact) mass is 502 g/mol. The van der Waals surface area contributed by atoms with Crippen LogP contribution in [0.3, 0.4) is 0 Å². The van der Waals surface area contributed by atoms with Gasteiger partial charge in [0.25, 0.3) is 5.69 Å². The molecule has 1 aliphatic carbocycles. The van der Waals surface area contributed by atoms with Gasteiger partial charge in [-0.15, -0.1) is 10.2 Å². The van der Waals surface area contributed by atoms with Crippen LogP contribution in [0.5, 0.6) is 0 Å². The molecule has 12 heteroatoms. The van der Waals surface area contributed by atoms with E-state index in [4.69, 9.17) is 0 Å². The molecule has 1 saturated heterocycles. The van der Waals surface area contributed by atoms with Crippen molar-refractivity contribution in [2.45, 2.75) is 36.1 Å². The number of nitrogens with zero attached hydrogens (tertiary/aromatic N) is 5. The molecule has 0 spiro atoms. The summed E-state index contributed by atoms with van der Waals surface area (Å²) in [6, 6.07) is 6.38.